The van der Waals surface area contributed by atoms with Crippen molar-refractivity contribution in [3.05, 3.63) is 17.7 Å². The standard InChI is InChI=1S/C18H29NO4/c1-17(2,3)11-18(4,5)19-16(20)12-9-14(22-7)15(23-8)10-13(12)21-6/h9-10H,11H2,1-8H3,(H,19,20). The number of amides is 1. The fraction of sp³-hybridized carbons (Fsp3) is 0.611. The summed E-state index contributed by atoms with van der Waals surface area (Å²) >= 11 is 0. The molecule has 0 fully saturated rings. The second kappa shape index (κ2) is 7.11. The molecule has 23 heavy (non-hydrogen) atoms. The van der Waals surface area contributed by atoms with Gasteiger partial charge in [0.15, 0.2) is 11.5 Å². The molecule has 0 aromatic heterocycles. The molecular weight excluding hydrogens is 294 g/mol. The van der Waals surface area contributed by atoms with Gasteiger partial charge in [-0.1, -0.05) is 20.8 Å². The molecule has 0 unspecified atom stereocenters. The Labute approximate surface area is 139 Å². The minimum atomic E-state index is -0.340. The van der Waals surface area contributed by atoms with E-state index in [1.807, 2.05) is 13.8 Å². The number of methoxy groups -OCH3 is 3. The summed E-state index contributed by atoms with van der Waals surface area (Å²) in [6.07, 6.45) is 0.849. The predicted molar refractivity (Wildman–Crippen MR) is 91.7 cm³/mol. The lowest BCUT2D eigenvalue weighted by atomic mass is 9.81. The lowest BCUT2D eigenvalue weighted by Gasteiger charge is -2.33. The van der Waals surface area contributed by atoms with Gasteiger partial charge in [0.25, 0.3) is 5.91 Å². The van der Waals surface area contributed by atoms with Gasteiger partial charge in [-0.25, -0.2) is 0 Å². The first kappa shape index (κ1) is 19.1. The van der Waals surface area contributed by atoms with E-state index in [9.17, 15) is 4.79 Å². The third kappa shape index (κ3) is 5.34. The summed E-state index contributed by atoms with van der Waals surface area (Å²) in [5.41, 5.74) is 0.193. The Kier molecular flexibility index (Phi) is 5.92. The second-order valence-corrected chi connectivity index (χ2v) is 7.48. The quantitative estimate of drug-likeness (QED) is 0.868. The van der Waals surface area contributed by atoms with Gasteiger partial charge >= 0.3 is 0 Å². The Morgan fingerprint density at radius 2 is 1.39 bits per heavy atom. The van der Waals surface area contributed by atoms with E-state index in [0.717, 1.165) is 6.42 Å². The Morgan fingerprint density at radius 3 is 1.83 bits per heavy atom. The van der Waals surface area contributed by atoms with E-state index in [4.69, 9.17) is 14.2 Å². The van der Waals surface area contributed by atoms with E-state index in [0.29, 0.717) is 22.8 Å². The lowest BCUT2D eigenvalue weighted by Crippen LogP contribution is -2.45. The molecule has 1 N–H and O–H groups in total. The SMILES string of the molecule is COc1cc(OC)c(C(=O)NC(C)(C)CC(C)(C)C)cc1OC. The topological polar surface area (TPSA) is 56.8 Å². The van der Waals surface area contributed by atoms with Crippen molar-refractivity contribution in [3.63, 3.8) is 0 Å². The van der Waals surface area contributed by atoms with Crippen LogP contribution in [0.1, 0.15) is 51.4 Å². The van der Waals surface area contributed by atoms with Crippen LogP contribution in [-0.4, -0.2) is 32.8 Å². The van der Waals surface area contributed by atoms with Crippen LogP contribution in [0.3, 0.4) is 0 Å². The van der Waals surface area contributed by atoms with Crippen molar-refractivity contribution in [3.8, 4) is 17.2 Å². The van der Waals surface area contributed by atoms with Crippen molar-refractivity contribution in [2.75, 3.05) is 21.3 Å². The predicted octanol–water partition coefficient (Wildman–Crippen LogP) is 3.66. The van der Waals surface area contributed by atoms with E-state index in [1.54, 1.807) is 19.2 Å². The Morgan fingerprint density at radius 1 is 0.913 bits per heavy atom. The van der Waals surface area contributed by atoms with Gasteiger partial charge in [0.2, 0.25) is 0 Å². The van der Waals surface area contributed by atoms with Gasteiger partial charge in [-0.15, -0.1) is 0 Å². The minimum Gasteiger partial charge on any atom is -0.496 e. The number of nitrogens with one attached hydrogen (secondary N) is 1. The molecule has 1 rings (SSSR count). The van der Waals surface area contributed by atoms with Crippen molar-refractivity contribution in [1.29, 1.82) is 0 Å². The number of ether oxygens (including phenoxy) is 3. The fourth-order valence-corrected chi connectivity index (χ4v) is 2.95. The van der Waals surface area contributed by atoms with Crippen molar-refractivity contribution >= 4 is 5.91 Å². The number of rotatable bonds is 6. The Hall–Kier alpha value is -1.91. The highest BCUT2D eigenvalue weighted by atomic mass is 16.5. The van der Waals surface area contributed by atoms with Crippen LogP contribution in [-0.2, 0) is 0 Å². The maximum atomic E-state index is 12.7. The minimum absolute atomic E-state index is 0.110. The van der Waals surface area contributed by atoms with Crippen LogP contribution in [0.5, 0.6) is 17.2 Å². The van der Waals surface area contributed by atoms with E-state index in [2.05, 4.69) is 26.1 Å². The molecular formula is C18H29NO4. The molecule has 0 aliphatic heterocycles. The van der Waals surface area contributed by atoms with Gasteiger partial charge in [0, 0.05) is 17.7 Å². The van der Waals surface area contributed by atoms with Gasteiger partial charge in [0.1, 0.15) is 5.75 Å². The molecule has 5 heteroatoms. The average Bonchev–Trinajstić information content (AvgIpc) is 2.42. The number of carbonyl (C=O) groups excluding carboxylic acids is 1. The highest BCUT2D eigenvalue weighted by Crippen LogP contribution is 2.35. The van der Waals surface area contributed by atoms with Crippen molar-refractivity contribution in [1.82, 2.24) is 5.32 Å². The maximum Gasteiger partial charge on any atom is 0.255 e. The maximum absolute atomic E-state index is 12.7. The molecule has 0 aliphatic carbocycles. The summed E-state index contributed by atoms with van der Waals surface area (Å²) in [5.74, 6) is 1.27. The third-order valence-corrected chi connectivity index (χ3v) is 3.37. The molecule has 1 aromatic carbocycles. The Balaban J connectivity index is 3.12. The number of hydrogen-bond acceptors (Lipinski definition) is 4. The molecule has 0 radical (unpaired) electrons. The summed E-state index contributed by atoms with van der Waals surface area (Å²) in [5, 5.41) is 3.08. The molecule has 0 aliphatic rings. The van der Waals surface area contributed by atoms with Crippen molar-refractivity contribution < 1.29 is 19.0 Å². The zero-order chi connectivity index (χ0) is 17.8. The first-order valence-corrected chi connectivity index (χ1v) is 7.65. The zero-order valence-corrected chi connectivity index (χ0v) is 15.5. The monoisotopic (exact) mass is 323 g/mol. The molecule has 0 spiro atoms. The molecule has 5 nitrogen and oxygen atoms in total. The van der Waals surface area contributed by atoms with Crippen LogP contribution in [0.4, 0.5) is 0 Å². The lowest BCUT2D eigenvalue weighted by molar-refractivity contribution is 0.0888. The molecule has 0 saturated heterocycles. The van der Waals surface area contributed by atoms with Crippen LogP contribution < -0.4 is 19.5 Å². The summed E-state index contributed by atoms with van der Waals surface area (Å²) < 4.78 is 15.8. The second-order valence-electron chi connectivity index (χ2n) is 7.48. The fourth-order valence-electron chi connectivity index (χ4n) is 2.95. The average molecular weight is 323 g/mol. The van der Waals surface area contributed by atoms with E-state index in [-0.39, 0.29) is 16.9 Å². The normalized spacial score (nSPS) is 11.8. The Bertz CT molecular complexity index is 559. The van der Waals surface area contributed by atoms with Crippen LogP contribution in [0, 0.1) is 5.41 Å². The number of benzene rings is 1. The first-order chi connectivity index (χ1) is 10.5. The van der Waals surface area contributed by atoms with Crippen molar-refractivity contribution in [2.45, 2.75) is 46.6 Å². The van der Waals surface area contributed by atoms with Gasteiger partial charge in [-0.3, -0.25) is 4.79 Å². The molecule has 0 atom stereocenters. The molecule has 1 aromatic rings. The van der Waals surface area contributed by atoms with Gasteiger partial charge in [-0.2, -0.15) is 0 Å². The summed E-state index contributed by atoms with van der Waals surface area (Å²) in [6.45, 7) is 10.5. The summed E-state index contributed by atoms with van der Waals surface area (Å²) in [6, 6.07) is 3.30. The highest BCUT2D eigenvalue weighted by Gasteiger charge is 2.29. The summed E-state index contributed by atoms with van der Waals surface area (Å²) in [7, 11) is 4.61. The van der Waals surface area contributed by atoms with Gasteiger partial charge in [0.05, 0.1) is 26.9 Å². The van der Waals surface area contributed by atoms with Crippen LogP contribution in [0.15, 0.2) is 12.1 Å². The smallest absolute Gasteiger partial charge is 0.255 e. The van der Waals surface area contributed by atoms with E-state index < -0.39 is 0 Å². The molecule has 130 valence electrons. The number of hydrogen-bond donors (Lipinski definition) is 1. The molecule has 0 saturated carbocycles. The van der Waals surface area contributed by atoms with E-state index >= 15 is 0 Å². The van der Waals surface area contributed by atoms with Gasteiger partial charge < -0.3 is 19.5 Å². The third-order valence-electron chi connectivity index (χ3n) is 3.37. The highest BCUT2D eigenvalue weighted by molar-refractivity contribution is 5.98. The van der Waals surface area contributed by atoms with E-state index in [1.165, 1.54) is 14.2 Å². The summed E-state index contributed by atoms with van der Waals surface area (Å²) in [4.78, 5) is 12.7. The van der Waals surface area contributed by atoms with Crippen LogP contribution in [0.25, 0.3) is 0 Å². The zero-order valence-electron chi connectivity index (χ0n) is 15.5. The van der Waals surface area contributed by atoms with Crippen LogP contribution >= 0.6 is 0 Å². The van der Waals surface area contributed by atoms with Crippen LogP contribution in [0.2, 0.25) is 0 Å². The molecule has 1 amide bonds. The largest absolute Gasteiger partial charge is 0.496 e. The van der Waals surface area contributed by atoms with Gasteiger partial charge in [-0.05, 0) is 25.7 Å². The molecule has 0 heterocycles. The first-order valence-electron chi connectivity index (χ1n) is 7.65. The van der Waals surface area contributed by atoms with Crippen molar-refractivity contribution in [2.24, 2.45) is 5.41 Å². The number of carbonyl (C=O) groups is 1. The molecule has 0 bridgehead atoms.